The number of hydrogen-bond donors (Lipinski definition) is 0. The van der Waals surface area contributed by atoms with Gasteiger partial charge in [-0.3, -0.25) is 0 Å². The summed E-state index contributed by atoms with van der Waals surface area (Å²) in [5, 5.41) is 0. The highest BCUT2D eigenvalue weighted by atomic mass is 19.1. The number of halogens is 1. The number of hydrogen-bond acceptors (Lipinski definition) is 1. The molecule has 0 fully saturated rings. The third-order valence-corrected chi connectivity index (χ3v) is 2.77. The molecule has 0 radical (unpaired) electrons. The minimum atomic E-state index is -0.202. The summed E-state index contributed by atoms with van der Waals surface area (Å²) in [6.45, 7) is 0.637. The molecule has 17 heavy (non-hydrogen) atoms. The van der Waals surface area contributed by atoms with E-state index in [1.807, 2.05) is 34.9 Å². The Morgan fingerprint density at radius 3 is 2.82 bits per heavy atom. The van der Waals surface area contributed by atoms with Gasteiger partial charge >= 0.3 is 0 Å². The van der Waals surface area contributed by atoms with Crippen LogP contribution in [0.3, 0.4) is 0 Å². The molecule has 3 aromatic rings. The second-order valence-corrected chi connectivity index (χ2v) is 3.99. The lowest BCUT2D eigenvalue weighted by molar-refractivity contribution is 0.624. The Hall–Kier alpha value is -2.16. The molecule has 0 aliphatic carbocycles. The summed E-state index contributed by atoms with van der Waals surface area (Å²) >= 11 is 0. The third kappa shape index (κ3) is 1.91. The third-order valence-electron chi connectivity index (χ3n) is 2.77. The molecule has 3 heteroatoms. The molecular formula is C14H11FN2. The molecule has 84 valence electrons. The highest BCUT2D eigenvalue weighted by molar-refractivity contribution is 5.75. The minimum absolute atomic E-state index is 0.202. The average Bonchev–Trinajstić information content (AvgIpc) is 2.73. The van der Waals surface area contributed by atoms with Crippen LogP contribution in [0.2, 0.25) is 0 Å². The highest BCUT2D eigenvalue weighted by Gasteiger charge is 2.02. The second-order valence-electron chi connectivity index (χ2n) is 3.99. The lowest BCUT2D eigenvalue weighted by atomic mass is 10.2. The molecule has 0 bridgehead atoms. The fourth-order valence-corrected chi connectivity index (χ4v) is 1.97. The van der Waals surface area contributed by atoms with Crippen LogP contribution < -0.4 is 0 Å². The van der Waals surface area contributed by atoms with Crippen LogP contribution in [0.5, 0.6) is 0 Å². The Morgan fingerprint density at radius 1 is 1.06 bits per heavy atom. The predicted molar refractivity (Wildman–Crippen MR) is 65.2 cm³/mol. The van der Waals surface area contributed by atoms with E-state index in [4.69, 9.17) is 0 Å². The number of aromatic nitrogens is 2. The summed E-state index contributed by atoms with van der Waals surface area (Å²) in [5.41, 5.74) is 2.97. The van der Waals surface area contributed by atoms with Crippen LogP contribution in [0, 0.1) is 5.82 Å². The van der Waals surface area contributed by atoms with Gasteiger partial charge < -0.3 is 4.57 Å². The first kappa shape index (κ1) is 10.0. The van der Waals surface area contributed by atoms with Crippen molar-refractivity contribution in [2.75, 3.05) is 0 Å². The maximum atomic E-state index is 13.1. The molecule has 0 amide bonds. The zero-order valence-corrected chi connectivity index (χ0v) is 9.18. The monoisotopic (exact) mass is 226 g/mol. The average molecular weight is 226 g/mol. The molecule has 2 nitrogen and oxygen atoms in total. The summed E-state index contributed by atoms with van der Waals surface area (Å²) in [5.74, 6) is -0.202. The summed E-state index contributed by atoms with van der Waals surface area (Å²) in [6, 6.07) is 14.6. The summed E-state index contributed by atoms with van der Waals surface area (Å²) in [6.07, 6.45) is 1.79. The standard InChI is InChI=1S/C14H11FN2/c15-12-5-3-4-11(8-12)9-17-10-16-13-6-1-2-7-14(13)17/h1-8,10H,9H2. The molecule has 0 saturated heterocycles. The van der Waals surface area contributed by atoms with E-state index < -0.39 is 0 Å². The molecule has 0 spiro atoms. The molecule has 0 unspecified atom stereocenters. The van der Waals surface area contributed by atoms with E-state index in [2.05, 4.69) is 4.98 Å². The van der Waals surface area contributed by atoms with Gasteiger partial charge in [0.1, 0.15) is 5.82 Å². The van der Waals surface area contributed by atoms with Gasteiger partial charge in [0, 0.05) is 6.54 Å². The van der Waals surface area contributed by atoms with E-state index in [9.17, 15) is 4.39 Å². The maximum Gasteiger partial charge on any atom is 0.123 e. The summed E-state index contributed by atoms with van der Waals surface area (Å²) in [4.78, 5) is 4.31. The van der Waals surface area contributed by atoms with Crippen molar-refractivity contribution < 1.29 is 4.39 Å². The smallest absolute Gasteiger partial charge is 0.123 e. The number of fused-ring (bicyclic) bond motifs is 1. The first-order chi connectivity index (χ1) is 8.33. The Bertz CT molecular complexity index is 658. The molecule has 0 atom stereocenters. The number of nitrogens with zero attached hydrogens (tertiary/aromatic N) is 2. The van der Waals surface area contributed by atoms with Gasteiger partial charge in [0.15, 0.2) is 0 Å². The normalized spacial score (nSPS) is 10.9. The van der Waals surface area contributed by atoms with Gasteiger partial charge in [-0.1, -0.05) is 24.3 Å². The van der Waals surface area contributed by atoms with Crippen LogP contribution in [0.25, 0.3) is 11.0 Å². The SMILES string of the molecule is Fc1cccc(Cn2cnc3ccccc32)c1. The van der Waals surface area contributed by atoms with Crippen molar-refractivity contribution in [1.29, 1.82) is 0 Å². The molecule has 0 saturated carbocycles. The Kier molecular flexibility index (Phi) is 2.37. The van der Waals surface area contributed by atoms with E-state index in [0.717, 1.165) is 16.6 Å². The fourth-order valence-electron chi connectivity index (χ4n) is 1.97. The van der Waals surface area contributed by atoms with Crippen LogP contribution in [-0.2, 0) is 6.54 Å². The molecule has 2 aromatic carbocycles. The van der Waals surface area contributed by atoms with Gasteiger partial charge in [0.25, 0.3) is 0 Å². The van der Waals surface area contributed by atoms with Crippen molar-refractivity contribution in [3.8, 4) is 0 Å². The van der Waals surface area contributed by atoms with E-state index in [1.165, 1.54) is 6.07 Å². The van der Waals surface area contributed by atoms with Crippen LogP contribution in [-0.4, -0.2) is 9.55 Å². The summed E-state index contributed by atoms with van der Waals surface area (Å²) < 4.78 is 15.1. The Morgan fingerprint density at radius 2 is 1.94 bits per heavy atom. The first-order valence-electron chi connectivity index (χ1n) is 5.47. The van der Waals surface area contributed by atoms with Crippen LogP contribution in [0.4, 0.5) is 4.39 Å². The summed E-state index contributed by atoms with van der Waals surface area (Å²) in [7, 11) is 0. The minimum Gasteiger partial charge on any atom is -0.326 e. The Balaban J connectivity index is 2.00. The molecule has 0 aliphatic rings. The zero-order chi connectivity index (χ0) is 11.7. The van der Waals surface area contributed by atoms with Gasteiger partial charge in [-0.25, -0.2) is 9.37 Å². The zero-order valence-electron chi connectivity index (χ0n) is 9.18. The maximum absolute atomic E-state index is 13.1. The number of imidazole rings is 1. The van der Waals surface area contributed by atoms with Crippen molar-refractivity contribution in [2.45, 2.75) is 6.54 Å². The molecule has 1 aromatic heterocycles. The van der Waals surface area contributed by atoms with Gasteiger partial charge in [-0.15, -0.1) is 0 Å². The number of para-hydroxylation sites is 2. The largest absolute Gasteiger partial charge is 0.326 e. The van der Waals surface area contributed by atoms with E-state index in [-0.39, 0.29) is 5.82 Å². The molecule has 1 heterocycles. The van der Waals surface area contributed by atoms with E-state index >= 15 is 0 Å². The van der Waals surface area contributed by atoms with Gasteiger partial charge in [0.2, 0.25) is 0 Å². The van der Waals surface area contributed by atoms with Gasteiger partial charge in [-0.05, 0) is 29.8 Å². The second kappa shape index (κ2) is 4.01. The fraction of sp³-hybridized carbons (Fsp3) is 0.0714. The quantitative estimate of drug-likeness (QED) is 0.656. The van der Waals surface area contributed by atoms with Crippen LogP contribution in [0.15, 0.2) is 54.9 Å². The van der Waals surface area contributed by atoms with Crippen molar-refractivity contribution in [2.24, 2.45) is 0 Å². The lowest BCUT2D eigenvalue weighted by Gasteiger charge is -2.04. The highest BCUT2D eigenvalue weighted by Crippen LogP contribution is 2.14. The van der Waals surface area contributed by atoms with Crippen molar-refractivity contribution in [3.05, 3.63) is 66.2 Å². The van der Waals surface area contributed by atoms with Crippen LogP contribution >= 0.6 is 0 Å². The van der Waals surface area contributed by atoms with Crippen molar-refractivity contribution >= 4 is 11.0 Å². The molecule has 0 N–H and O–H groups in total. The van der Waals surface area contributed by atoms with Crippen molar-refractivity contribution in [1.82, 2.24) is 9.55 Å². The number of rotatable bonds is 2. The van der Waals surface area contributed by atoms with Crippen LogP contribution in [0.1, 0.15) is 5.56 Å². The van der Waals surface area contributed by atoms with Gasteiger partial charge in [-0.2, -0.15) is 0 Å². The van der Waals surface area contributed by atoms with E-state index in [1.54, 1.807) is 18.5 Å². The number of benzene rings is 2. The molecule has 3 rings (SSSR count). The molecular weight excluding hydrogens is 215 g/mol. The lowest BCUT2D eigenvalue weighted by Crippen LogP contribution is -1.97. The predicted octanol–water partition coefficient (Wildman–Crippen LogP) is 3.22. The Labute approximate surface area is 98.3 Å². The van der Waals surface area contributed by atoms with Gasteiger partial charge in [0.05, 0.1) is 17.4 Å². The molecule has 0 aliphatic heterocycles. The first-order valence-corrected chi connectivity index (χ1v) is 5.47. The van der Waals surface area contributed by atoms with Crippen molar-refractivity contribution in [3.63, 3.8) is 0 Å². The van der Waals surface area contributed by atoms with E-state index in [0.29, 0.717) is 6.54 Å². The topological polar surface area (TPSA) is 17.8 Å².